The maximum atomic E-state index is 12.4. The molecule has 3 heterocycles. The molecule has 7 nitrogen and oxygen atoms in total. The average Bonchev–Trinajstić information content (AvgIpc) is 3.15. The minimum absolute atomic E-state index is 0.194. The molecule has 1 atom stereocenters. The molecule has 0 radical (unpaired) electrons. The van der Waals surface area contributed by atoms with Crippen LogP contribution in [0.5, 0.6) is 0 Å². The Hall–Kier alpha value is -2.41. The topological polar surface area (TPSA) is 79.3 Å². The summed E-state index contributed by atoms with van der Waals surface area (Å²) >= 11 is 0. The molecule has 1 aromatic carbocycles. The first kappa shape index (κ1) is 23.7. The van der Waals surface area contributed by atoms with Gasteiger partial charge in [0.05, 0.1) is 22.8 Å². The number of rotatable bonds is 11. The van der Waals surface area contributed by atoms with E-state index in [9.17, 15) is 9.59 Å². The highest BCUT2D eigenvalue weighted by molar-refractivity contribution is 6.03. The minimum Gasteiger partial charge on any atom is -0.383 e. The highest BCUT2D eigenvalue weighted by atomic mass is 16.2. The summed E-state index contributed by atoms with van der Waals surface area (Å²) in [6.45, 7) is 4.84. The third-order valence-electron chi connectivity index (χ3n) is 7.13. The van der Waals surface area contributed by atoms with Gasteiger partial charge in [0, 0.05) is 25.4 Å². The summed E-state index contributed by atoms with van der Waals surface area (Å²) in [4.78, 5) is 26.5. The van der Waals surface area contributed by atoms with Crippen molar-refractivity contribution < 1.29 is 9.59 Å². The van der Waals surface area contributed by atoms with Gasteiger partial charge in [-0.1, -0.05) is 44.2 Å². The zero-order chi connectivity index (χ0) is 23.0. The summed E-state index contributed by atoms with van der Waals surface area (Å²) in [5.41, 5.74) is 2.85. The van der Waals surface area contributed by atoms with Crippen LogP contribution in [-0.2, 0) is 16.6 Å². The molecule has 0 aliphatic carbocycles. The molecule has 0 spiro atoms. The molecular weight excluding hydrogens is 414 g/mol. The van der Waals surface area contributed by atoms with Crippen LogP contribution in [0.4, 0.5) is 5.69 Å². The lowest BCUT2D eigenvalue weighted by atomic mass is 9.92. The van der Waals surface area contributed by atoms with E-state index in [0.717, 1.165) is 35.2 Å². The second kappa shape index (κ2) is 11.6. The fraction of sp³-hybridized carbons (Fsp3) is 0.654. The molecule has 0 bridgehead atoms. The van der Waals surface area contributed by atoms with Gasteiger partial charge in [-0.2, -0.15) is 5.10 Å². The Bertz CT molecular complexity index is 948. The van der Waals surface area contributed by atoms with Crippen molar-refractivity contribution in [2.45, 2.75) is 76.5 Å². The number of unbranched alkanes of at least 4 members (excludes halogenated alkanes) is 5. The molecule has 2 aromatic rings. The molecule has 2 N–H and O–H groups in total. The molecule has 2 fully saturated rings. The lowest BCUT2D eigenvalue weighted by Crippen LogP contribution is -2.39. The van der Waals surface area contributed by atoms with E-state index in [1.807, 2.05) is 23.9 Å². The van der Waals surface area contributed by atoms with Crippen molar-refractivity contribution in [3.05, 3.63) is 23.9 Å². The van der Waals surface area contributed by atoms with E-state index in [-0.39, 0.29) is 17.7 Å². The number of anilines is 1. The third kappa shape index (κ3) is 6.14. The van der Waals surface area contributed by atoms with Gasteiger partial charge in [0.25, 0.3) is 0 Å². The molecule has 2 aliphatic rings. The molecule has 4 rings (SSSR count). The molecule has 33 heavy (non-hydrogen) atoms. The van der Waals surface area contributed by atoms with Crippen LogP contribution >= 0.6 is 0 Å². The molecule has 2 amide bonds. The monoisotopic (exact) mass is 453 g/mol. The predicted molar refractivity (Wildman–Crippen MR) is 132 cm³/mol. The van der Waals surface area contributed by atoms with Crippen LogP contribution < -0.4 is 10.6 Å². The van der Waals surface area contributed by atoms with Gasteiger partial charge in [-0.15, -0.1) is 0 Å². The second-order valence-electron chi connectivity index (χ2n) is 9.66. The minimum atomic E-state index is -0.364. The number of likely N-dealkylation sites (tertiary alicyclic amines) is 1. The van der Waals surface area contributed by atoms with E-state index < -0.39 is 0 Å². The van der Waals surface area contributed by atoms with Crippen molar-refractivity contribution in [1.82, 2.24) is 20.0 Å². The van der Waals surface area contributed by atoms with Gasteiger partial charge < -0.3 is 10.2 Å². The lowest BCUT2D eigenvalue weighted by Gasteiger charge is -2.26. The number of imide groups is 1. The summed E-state index contributed by atoms with van der Waals surface area (Å²) in [5, 5.41) is 11.7. The molecule has 180 valence electrons. The number of nitrogens with one attached hydrogen (secondary N) is 2. The van der Waals surface area contributed by atoms with E-state index in [4.69, 9.17) is 0 Å². The maximum Gasteiger partial charge on any atom is 0.235 e. The average molecular weight is 454 g/mol. The number of aromatic nitrogens is 2. The fourth-order valence-electron chi connectivity index (χ4n) is 5.29. The fourth-order valence-corrected chi connectivity index (χ4v) is 5.29. The first-order valence-electron chi connectivity index (χ1n) is 12.9. The Kier molecular flexibility index (Phi) is 8.37. The number of fused-ring (bicyclic) bond motifs is 1. The van der Waals surface area contributed by atoms with E-state index in [1.54, 1.807) is 0 Å². The van der Waals surface area contributed by atoms with E-state index in [1.165, 1.54) is 71.0 Å². The maximum absolute atomic E-state index is 12.4. The highest BCUT2D eigenvalue weighted by Gasteiger charge is 2.31. The number of piperidine rings is 2. The number of amides is 2. The van der Waals surface area contributed by atoms with Crippen molar-refractivity contribution in [3.8, 4) is 0 Å². The SMILES string of the molecule is Cn1nc(C2CCC(=O)NC2=O)c2cccc(NCCCCCCCCN3CCCCC3)c21. The summed E-state index contributed by atoms with van der Waals surface area (Å²) in [7, 11) is 1.92. The summed E-state index contributed by atoms with van der Waals surface area (Å²) in [6.07, 6.45) is 12.8. The van der Waals surface area contributed by atoms with Gasteiger partial charge in [0.1, 0.15) is 0 Å². The van der Waals surface area contributed by atoms with Crippen molar-refractivity contribution in [2.24, 2.45) is 7.05 Å². The van der Waals surface area contributed by atoms with Crippen molar-refractivity contribution in [2.75, 3.05) is 31.5 Å². The second-order valence-corrected chi connectivity index (χ2v) is 9.66. The number of carbonyl (C=O) groups excluding carboxylic acids is 2. The van der Waals surface area contributed by atoms with Crippen LogP contribution in [-0.4, -0.2) is 52.7 Å². The van der Waals surface area contributed by atoms with Crippen molar-refractivity contribution in [3.63, 3.8) is 0 Å². The van der Waals surface area contributed by atoms with Crippen LogP contribution in [0.2, 0.25) is 0 Å². The normalized spacial score (nSPS) is 19.7. The van der Waals surface area contributed by atoms with Gasteiger partial charge in [0.15, 0.2) is 0 Å². The van der Waals surface area contributed by atoms with Crippen LogP contribution in [0.3, 0.4) is 0 Å². The predicted octanol–water partition coefficient (Wildman–Crippen LogP) is 4.33. The van der Waals surface area contributed by atoms with Gasteiger partial charge >= 0.3 is 0 Å². The Morgan fingerprint density at radius 1 is 1.03 bits per heavy atom. The van der Waals surface area contributed by atoms with Crippen LogP contribution in [0.15, 0.2) is 18.2 Å². The van der Waals surface area contributed by atoms with E-state index >= 15 is 0 Å². The Balaban J connectivity index is 1.21. The number of para-hydroxylation sites is 1. The number of hydrogen-bond acceptors (Lipinski definition) is 5. The highest BCUT2D eigenvalue weighted by Crippen LogP contribution is 2.33. The zero-order valence-corrected chi connectivity index (χ0v) is 20.1. The number of carbonyl (C=O) groups is 2. The summed E-state index contributed by atoms with van der Waals surface area (Å²) < 4.78 is 1.86. The molecule has 2 saturated heterocycles. The van der Waals surface area contributed by atoms with Crippen molar-refractivity contribution >= 4 is 28.4 Å². The lowest BCUT2D eigenvalue weighted by molar-refractivity contribution is -0.134. The van der Waals surface area contributed by atoms with Crippen molar-refractivity contribution in [1.29, 1.82) is 0 Å². The van der Waals surface area contributed by atoms with Gasteiger partial charge in [-0.3, -0.25) is 19.6 Å². The van der Waals surface area contributed by atoms with Gasteiger partial charge in [-0.05, 0) is 57.8 Å². The molecule has 1 unspecified atom stereocenters. The molecule has 0 saturated carbocycles. The number of hydrogen-bond donors (Lipinski definition) is 2. The van der Waals surface area contributed by atoms with Gasteiger partial charge in [0.2, 0.25) is 11.8 Å². The third-order valence-corrected chi connectivity index (χ3v) is 7.13. The Labute approximate surface area is 197 Å². The first-order chi connectivity index (χ1) is 16.1. The largest absolute Gasteiger partial charge is 0.383 e. The Morgan fingerprint density at radius 3 is 2.58 bits per heavy atom. The van der Waals surface area contributed by atoms with E-state index in [2.05, 4.69) is 26.7 Å². The van der Waals surface area contributed by atoms with Crippen LogP contribution in [0.25, 0.3) is 10.9 Å². The summed E-state index contributed by atoms with van der Waals surface area (Å²) in [5.74, 6) is -0.794. The Morgan fingerprint density at radius 2 is 1.79 bits per heavy atom. The standard InChI is InChI=1S/C26H39N5O2/c1-30-25-20(24(29-30)21-14-15-23(32)28-26(21)33)12-11-13-22(25)27-16-7-4-2-3-5-8-17-31-18-9-6-10-19-31/h11-13,21,27H,2-10,14-19H2,1H3,(H,28,32,33). The number of aryl methyl sites for hydroxylation is 1. The van der Waals surface area contributed by atoms with Crippen LogP contribution in [0.1, 0.15) is 82.2 Å². The van der Waals surface area contributed by atoms with E-state index in [0.29, 0.717) is 12.8 Å². The smallest absolute Gasteiger partial charge is 0.235 e. The quantitative estimate of drug-likeness (QED) is 0.391. The molecule has 7 heteroatoms. The molecular formula is C26H39N5O2. The zero-order valence-electron chi connectivity index (χ0n) is 20.1. The first-order valence-corrected chi connectivity index (χ1v) is 12.9. The summed E-state index contributed by atoms with van der Waals surface area (Å²) in [6, 6.07) is 6.12. The van der Waals surface area contributed by atoms with Gasteiger partial charge in [-0.25, -0.2) is 0 Å². The molecule has 2 aliphatic heterocycles. The number of nitrogens with zero attached hydrogens (tertiary/aromatic N) is 3. The van der Waals surface area contributed by atoms with Crippen LogP contribution in [0, 0.1) is 0 Å². The number of benzene rings is 1. The molecule has 1 aromatic heterocycles.